The van der Waals surface area contributed by atoms with Crippen LogP contribution in [0.25, 0.3) is 0 Å². The average Bonchev–Trinajstić information content (AvgIpc) is 2.32. The Morgan fingerprint density at radius 1 is 1.35 bits per heavy atom. The summed E-state index contributed by atoms with van der Waals surface area (Å²) in [6.07, 6.45) is 0.133. The first-order chi connectivity index (χ1) is 9.39. The summed E-state index contributed by atoms with van der Waals surface area (Å²) in [5, 5.41) is 3.34. The molecule has 1 fully saturated rings. The van der Waals surface area contributed by atoms with Gasteiger partial charge in [-0.2, -0.15) is 13.2 Å². The summed E-state index contributed by atoms with van der Waals surface area (Å²) in [5.41, 5.74) is -0.159. The van der Waals surface area contributed by atoms with Crippen molar-refractivity contribution in [2.45, 2.75) is 38.8 Å². The van der Waals surface area contributed by atoms with Crippen molar-refractivity contribution in [2.75, 3.05) is 13.1 Å². The predicted octanol–water partition coefficient (Wildman–Crippen LogP) is 3.84. The lowest BCUT2D eigenvalue weighted by molar-refractivity contribution is -0.138. The maximum Gasteiger partial charge on any atom is 0.416 e. The first-order valence-corrected chi connectivity index (χ1v) is 7.11. The quantitative estimate of drug-likeness (QED) is 0.889. The molecule has 20 heavy (non-hydrogen) atoms. The number of nitrogens with zero attached hydrogens (tertiary/aromatic N) is 1. The summed E-state index contributed by atoms with van der Waals surface area (Å²) in [6.45, 7) is 5.93. The number of pyridine rings is 1. The first kappa shape index (κ1) is 15.3. The lowest BCUT2D eigenvalue weighted by Crippen LogP contribution is -2.36. The van der Waals surface area contributed by atoms with Crippen LogP contribution >= 0.6 is 0 Å². The van der Waals surface area contributed by atoms with Gasteiger partial charge in [0.05, 0.1) is 5.56 Å². The molecule has 0 bridgehead atoms. The van der Waals surface area contributed by atoms with Gasteiger partial charge in [-0.15, -0.1) is 0 Å². The van der Waals surface area contributed by atoms with E-state index in [9.17, 15) is 13.2 Å². The van der Waals surface area contributed by atoms with Gasteiger partial charge in [0.25, 0.3) is 0 Å². The highest BCUT2D eigenvalue weighted by Gasteiger charge is 2.40. The van der Waals surface area contributed by atoms with E-state index in [1.54, 1.807) is 0 Å². The largest absolute Gasteiger partial charge is 0.416 e. The Kier molecular flexibility index (Phi) is 4.68. The molecule has 0 aromatic carbocycles. The Hall–Kier alpha value is -1.10. The Balaban J connectivity index is 2.05. The van der Waals surface area contributed by atoms with Gasteiger partial charge >= 0.3 is 6.18 Å². The van der Waals surface area contributed by atoms with Gasteiger partial charge in [0, 0.05) is 12.4 Å². The van der Waals surface area contributed by atoms with Crippen LogP contribution in [0.4, 0.5) is 13.2 Å². The Bertz CT molecular complexity index is 443. The molecule has 2 atom stereocenters. The average molecular weight is 286 g/mol. The van der Waals surface area contributed by atoms with Crippen LogP contribution in [-0.2, 0) is 6.18 Å². The monoisotopic (exact) mass is 286 g/mol. The number of nitrogens with one attached hydrogen (secondary N) is 1. The molecule has 2 unspecified atom stereocenters. The van der Waals surface area contributed by atoms with E-state index in [0.29, 0.717) is 17.4 Å². The van der Waals surface area contributed by atoms with Gasteiger partial charge in [-0.05, 0) is 55.3 Å². The highest BCUT2D eigenvalue weighted by molar-refractivity contribution is 5.31. The molecule has 1 N–H and O–H groups in total. The zero-order chi connectivity index (χ0) is 14.8. The van der Waals surface area contributed by atoms with Crippen molar-refractivity contribution >= 4 is 0 Å². The second kappa shape index (κ2) is 6.12. The SMILES string of the molecule is CC(C)CNCC1CCC1c1cnccc1C(F)(F)F. The van der Waals surface area contributed by atoms with Crippen molar-refractivity contribution in [3.05, 3.63) is 29.6 Å². The van der Waals surface area contributed by atoms with Crippen LogP contribution < -0.4 is 5.32 Å². The van der Waals surface area contributed by atoms with Crippen LogP contribution in [0.3, 0.4) is 0 Å². The molecule has 0 saturated heterocycles. The highest BCUT2D eigenvalue weighted by atomic mass is 19.4. The van der Waals surface area contributed by atoms with E-state index in [1.165, 1.54) is 12.4 Å². The fourth-order valence-corrected chi connectivity index (χ4v) is 2.74. The summed E-state index contributed by atoms with van der Waals surface area (Å²) in [6, 6.07) is 1.09. The first-order valence-electron chi connectivity index (χ1n) is 7.11. The van der Waals surface area contributed by atoms with Gasteiger partial charge in [-0.25, -0.2) is 0 Å². The molecule has 5 heteroatoms. The van der Waals surface area contributed by atoms with Crippen LogP contribution in [0.15, 0.2) is 18.5 Å². The Labute approximate surface area is 117 Å². The molecule has 1 aliphatic rings. The van der Waals surface area contributed by atoms with E-state index >= 15 is 0 Å². The van der Waals surface area contributed by atoms with Crippen LogP contribution in [-0.4, -0.2) is 18.1 Å². The fraction of sp³-hybridized carbons (Fsp3) is 0.667. The molecule has 2 rings (SSSR count). The third-order valence-electron chi connectivity index (χ3n) is 3.93. The van der Waals surface area contributed by atoms with Crippen molar-refractivity contribution in [1.82, 2.24) is 10.3 Å². The van der Waals surface area contributed by atoms with E-state index < -0.39 is 11.7 Å². The predicted molar refractivity (Wildman–Crippen MR) is 72.4 cm³/mol. The maximum absolute atomic E-state index is 13.0. The molecule has 1 aliphatic carbocycles. The van der Waals surface area contributed by atoms with Crippen LogP contribution in [0.5, 0.6) is 0 Å². The lowest BCUT2D eigenvalue weighted by atomic mass is 9.69. The van der Waals surface area contributed by atoms with Gasteiger partial charge in [0.1, 0.15) is 0 Å². The van der Waals surface area contributed by atoms with Crippen molar-refractivity contribution in [1.29, 1.82) is 0 Å². The summed E-state index contributed by atoms with van der Waals surface area (Å²) in [5.74, 6) is 0.830. The standard InChI is InChI=1S/C15H21F3N2/c1-10(2)7-20-8-11-3-4-12(11)13-9-19-6-5-14(13)15(16,17)18/h5-6,9-12,20H,3-4,7-8H2,1-2H3. The molecule has 1 heterocycles. The Morgan fingerprint density at radius 2 is 2.10 bits per heavy atom. The lowest BCUT2D eigenvalue weighted by Gasteiger charge is -2.38. The molecule has 1 saturated carbocycles. The van der Waals surface area contributed by atoms with Crippen molar-refractivity contribution in [3.63, 3.8) is 0 Å². The van der Waals surface area contributed by atoms with Gasteiger partial charge in [0.15, 0.2) is 0 Å². The van der Waals surface area contributed by atoms with Gasteiger partial charge in [-0.1, -0.05) is 13.8 Å². The summed E-state index contributed by atoms with van der Waals surface area (Å²) in [7, 11) is 0. The molecule has 0 amide bonds. The Morgan fingerprint density at radius 3 is 2.65 bits per heavy atom. The van der Waals surface area contributed by atoms with Crippen molar-refractivity contribution < 1.29 is 13.2 Å². The molecule has 112 valence electrons. The molecule has 1 aromatic rings. The van der Waals surface area contributed by atoms with Crippen LogP contribution in [0.2, 0.25) is 0 Å². The molecular weight excluding hydrogens is 265 g/mol. The highest BCUT2D eigenvalue weighted by Crippen LogP contribution is 2.46. The van der Waals surface area contributed by atoms with Crippen LogP contribution in [0.1, 0.15) is 43.7 Å². The van der Waals surface area contributed by atoms with E-state index in [4.69, 9.17) is 0 Å². The third-order valence-corrected chi connectivity index (χ3v) is 3.93. The zero-order valence-electron chi connectivity index (χ0n) is 11.9. The molecule has 0 spiro atoms. The van der Waals surface area contributed by atoms with Gasteiger partial charge < -0.3 is 5.32 Å². The summed E-state index contributed by atoms with van der Waals surface area (Å²) >= 11 is 0. The number of aromatic nitrogens is 1. The molecule has 0 aliphatic heterocycles. The van der Waals surface area contributed by atoms with E-state index in [-0.39, 0.29) is 5.92 Å². The zero-order valence-corrected chi connectivity index (χ0v) is 11.9. The molecule has 1 aromatic heterocycles. The van der Waals surface area contributed by atoms with E-state index in [1.807, 2.05) is 0 Å². The number of halogens is 3. The molecule has 0 radical (unpaired) electrons. The smallest absolute Gasteiger partial charge is 0.316 e. The van der Waals surface area contributed by atoms with Gasteiger partial charge in [-0.3, -0.25) is 4.98 Å². The minimum Gasteiger partial charge on any atom is -0.316 e. The van der Waals surface area contributed by atoms with Crippen molar-refractivity contribution in [2.24, 2.45) is 11.8 Å². The molecular formula is C15H21F3N2. The van der Waals surface area contributed by atoms with Crippen molar-refractivity contribution in [3.8, 4) is 0 Å². The number of hydrogen-bond acceptors (Lipinski definition) is 2. The number of rotatable bonds is 5. The maximum atomic E-state index is 13.0. The van der Waals surface area contributed by atoms with E-state index in [2.05, 4.69) is 24.1 Å². The van der Waals surface area contributed by atoms with Crippen LogP contribution in [0, 0.1) is 11.8 Å². The minimum atomic E-state index is -4.29. The summed E-state index contributed by atoms with van der Waals surface area (Å²) in [4.78, 5) is 3.88. The van der Waals surface area contributed by atoms with Gasteiger partial charge in [0.2, 0.25) is 0 Å². The second-order valence-electron chi connectivity index (χ2n) is 5.96. The molecule has 2 nitrogen and oxygen atoms in total. The minimum absolute atomic E-state index is 0.0139. The second-order valence-corrected chi connectivity index (χ2v) is 5.96. The summed E-state index contributed by atoms with van der Waals surface area (Å²) < 4.78 is 39.0. The normalized spacial score (nSPS) is 22.9. The van der Waals surface area contributed by atoms with E-state index in [0.717, 1.165) is 32.0 Å². The third kappa shape index (κ3) is 3.51. The fourth-order valence-electron chi connectivity index (χ4n) is 2.74. The number of alkyl halides is 3. The number of hydrogen-bond donors (Lipinski definition) is 1. The topological polar surface area (TPSA) is 24.9 Å².